The number of hydrogen-bond donors (Lipinski definition) is 0. The van der Waals surface area contributed by atoms with Crippen LogP contribution in [0, 0.1) is 0 Å². The van der Waals surface area contributed by atoms with Crippen molar-refractivity contribution in [2.75, 3.05) is 0 Å². The molecule has 0 amide bonds. The first kappa shape index (κ1) is 17.4. The zero-order chi connectivity index (χ0) is 11.6. The summed E-state index contributed by atoms with van der Waals surface area (Å²) in [5.74, 6) is 0. The normalized spacial score (nSPS) is 8.75. The molecule has 0 saturated carbocycles. The zero-order valence-electron chi connectivity index (χ0n) is 8.22. The third kappa shape index (κ3) is 23.1. The van der Waals surface area contributed by atoms with Gasteiger partial charge in [-0.25, -0.2) is 24.3 Å². The predicted molar refractivity (Wildman–Crippen MR) is 54.3 cm³/mol. The van der Waals surface area contributed by atoms with Gasteiger partial charge < -0.3 is 17.3 Å². The van der Waals surface area contributed by atoms with E-state index in [1.165, 1.54) is 0 Å². The van der Waals surface area contributed by atoms with E-state index in [0.29, 0.717) is 0 Å². The van der Waals surface area contributed by atoms with Crippen LogP contribution in [-0.4, -0.2) is 7.25 Å². The quantitative estimate of drug-likeness (QED) is 0.385. The Hall–Kier alpha value is -0.996. The van der Waals surface area contributed by atoms with Crippen LogP contribution in [0.5, 0.6) is 0 Å². The van der Waals surface area contributed by atoms with E-state index in [9.17, 15) is 17.3 Å². The summed E-state index contributed by atoms with van der Waals surface area (Å²) in [5.41, 5.74) is 0. The van der Waals surface area contributed by atoms with Crippen LogP contribution in [0.4, 0.5) is 17.3 Å². The van der Waals surface area contributed by atoms with E-state index in [0.717, 1.165) is 0 Å². The first-order chi connectivity index (χ1) is 7.00. The molecule has 0 unspecified atom stereocenters. The van der Waals surface area contributed by atoms with Crippen molar-refractivity contribution in [3.63, 3.8) is 0 Å². The fourth-order valence-electron chi connectivity index (χ4n) is 0.642. The van der Waals surface area contributed by atoms with Gasteiger partial charge in [-0.05, 0) is 0 Å². The van der Waals surface area contributed by atoms with Crippen molar-refractivity contribution in [3.8, 4) is 0 Å². The molecule has 0 spiro atoms. The molecule has 1 radical (unpaired) electrons. The van der Waals surface area contributed by atoms with Crippen LogP contribution in [-0.2, 0) is 17.1 Å². The molecule has 6 heteroatoms. The van der Waals surface area contributed by atoms with Crippen molar-refractivity contribution in [2.45, 2.75) is 0 Å². The Kier molecular flexibility index (Phi) is 11.4. The Morgan fingerprint density at radius 1 is 0.625 bits per heavy atom. The van der Waals surface area contributed by atoms with Gasteiger partial charge in [0.15, 0.2) is 0 Å². The molecule has 0 aliphatic rings. The minimum absolute atomic E-state index is 0. The van der Waals surface area contributed by atoms with E-state index in [4.69, 9.17) is 0 Å². The van der Waals surface area contributed by atoms with Gasteiger partial charge in [0.1, 0.15) is 0 Å². The molecular weight excluding hydrogens is 263 g/mol. The molecule has 2 aromatic rings. The zero-order valence-corrected chi connectivity index (χ0v) is 9.32. The van der Waals surface area contributed by atoms with Crippen LogP contribution in [0.1, 0.15) is 0 Å². The molecule has 0 fully saturated rings. The Morgan fingerprint density at radius 2 is 0.812 bits per heavy atom. The fourth-order valence-corrected chi connectivity index (χ4v) is 0.642. The Morgan fingerprint density at radius 3 is 0.875 bits per heavy atom. The second-order valence-corrected chi connectivity index (χ2v) is 2.42. The van der Waals surface area contributed by atoms with Crippen molar-refractivity contribution in [1.29, 1.82) is 0 Å². The van der Waals surface area contributed by atoms with Gasteiger partial charge in [0.2, 0.25) is 0 Å². The molecule has 0 aliphatic heterocycles. The van der Waals surface area contributed by atoms with E-state index < -0.39 is 7.25 Å². The van der Waals surface area contributed by atoms with Gasteiger partial charge in [-0.1, -0.05) is 0 Å². The van der Waals surface area contributed by atoms with Crippen molar-refractivity contribution in [2.24, 2.45) is 0 Å². The summed E-state index contributed by atoms with van der Waals surface area (Å²) >= 11 is 0. The molecule has 0 saturated heterocycles. The monoisotopic (exact) mass is 273 g/mol. The summed E-state index contributed by atoms with van der Waals surface area (Å²) in [6.45, 7) is 0. The number of hydrogen-bond acceptors (Lipinski definition) is 0. The number of rotatable bonds is 0. The van der Waals surface area contributed by atoms with Crippen molar-refractivity contribution >= 4 is 7.25 Å². The van der Waals surface area contributed by atoms with Crippen LogP contribution in [0.2, 0.25) is 0 Å². The van der Waals surface area contributed by atoms with Gasteiger partial charge in [-0.3, -0.25) is 0 Å². The van der Waals surface area contributed by atoms with Gasteiger partial charge in [-0.15, -0.1) is 0 Å². The van der Waals surface area contributed by atoms with Gasteiger partial charge in [0, 0.05) is 0 Å². The summed E-state index contributed by atoms with van der Waals surface area (Å²) < 4.78 is 39.0. The Bertz CT molecular complexity index is 222. The van der Waals surface area contributed by atoms with Crippen LogP contribution < -0.4 is 0 Å². The van der Waals surface area contributed by atoms with Crippen molar-refractivity contribution in [3.05, 3.63) is 60.7 Å². The standard InChI is InChI=1S/2C5H5.BF4.Fe/c2*1-2-4-5-3-1;2-1(3,4)5;/h2*1-5H;;/q3*-1;+3. The second kappa shape index (κ2) is 10.5. The average molecular weight is 273 g/mol. The molecule has 16 heavy (non-hydrogen) atoms. The molecule has 0 atom stereocenters. The Balaban J connectivity index is 0. The molecule has 0 nitrogen and oxygen atoms in total. The van der Waals surface area contributed by atoms with Crippen LogP contribution in [0.15, 0.2) is 60.7 Å². The second-order valence-electron chi connectivity index (χ2n) is 2.42. The van der Waals surface area contributed by atoms with E-state index >= 15 is 0 Å². The summed E-state index contributed by atoms with van der Waals surface area (Å²) in [6, 6.07) is 20.0. The maximum absolute atomic E-state index is 9.75. The van der Waals surface area contributed by atoms with Crippen molar-refractivity contribution < 1.29 is 34.3 Å². The first-order valence-corrected chi connectivity index (χ1v) is 4.21. The van der Waals surface area contributed by atoms with Gasteiger partial charge in [-0.2, -0.15) is 36.4 Å². The van der Waals surface area contributed by atoms with Crippen LogP contribution in [0.3, 0.4) is 0 Å². The number of halogens is 4. The summed E-state index contributed by atoms with van der Waals surface area (Å²) in [5, 5.41) is 0. The molecule has 2 aromatic carbocycles. The molecule has 0 bridgehead atoms. The average Bonchev–Trinajstić information content (AvgIpc) is 2.81. The molecule has 0 aromatic heterocycles. The van der Waals surface area contributed by atoms with E-state index in [1.54, 1.807) is 0 Å². The van der Waals surface area contributed by atoms with Crippen LogP contribution in [0.25, 0.3) is 0 Å². The SMILES string of the molecule is F[B-](F)(F)F.[Fe+3].c1cc[cH-]c1.c1cc[cH-]c1. The maximum atomic E-state index is 9.75. The van der Waals surface area contributed by atoms with E-state index in [-0.39, 0.29) is 17.1 Å². The third-order valence-electron chi connectivity index (χ3n) is 1.11. The minimum atomic E-state index is -6.00. The van der Waals surface area contributed by atoms with Gasteiger partial charge >= 0.3 is 24.3 Å². The molecule has 89 valence electrons. The topological polar surface area (TPSA) is 0 Å². The smallest absolute Gasteiger partial charge is 0.418 e. The third-order valence-corrected chi connectivity index (χ3v) is 1.11. The van der Waals surface area contributed by atoms with Crippen LogP contribution >= 0.6 is 0 Å². The molecule has 0 N–H and O–H groups in total. The molecule has 2 rings (SSSR count). The summed E-state index contributed by atoms with van der Waals surface area (Å²) in [4.78, 5) is 0. The van der Waals surface area contributed by atoms with Gasteiger partial charge in [0.25, 0.3) is 0 Å². The molecule has 0 heterocycles. The van der Waals surface area contributed by atoms with E-state index in [2.05, 4.69) is 0 Å². The largest absolute Gasteiger partial charge is 3.00 e. The predicted octanol–water partition coefficient (Wildman–Crippen LogP) is 4.11. The molecular formula is C10H10BF4Fe. The van der Waals surface area contributed by atoms with Gasteiger partial charge in [0.05, 0.1) is 0 Å². The summed E-state index contributed by atoms with van der Waals surface area (Å²) in [6.07, 6.45) is 0. The summed E-state index contributed by atoms with van der Waals surface area (Å²) in [7, 11) is -6.00. The van der Waals surface area contributed by atoms with E-state index in [1.807, 2.05) is 60.7 Å². The Labute approximate surface area is 103 Å². The molecule has 0 aliphatic carbocycles. The minimum Gasteiger partial charge on any atom is -0.418 e. The fraction of sp³-hybridized carbons (Fsp3) is 0. The maximum Gasteiger partial charge on any atom is 3.00 e. The van der Waals surface area contributed by atoms with Crippen molar-refractivity contribution in [1.82, 2.24) is 0 Å². The first-order valence-electron chi connectivity index (χ1n) is 4.21.